The van der Waals surface area contributed by atoms with Gasteiger partial charge in [-0.3, -0.25) is 4.79 Å². The Hall–Kier alpha value is -1.65. The number of carbonyl (C=O) groups is 1. The fourth-order valence-electron chi connectivity index (χ4n) is 1.38. The summed E-state index contributed by atoms with van der Waals surface area (Å²) >= 11 is 0. The van der Waals surface area contributed by atoms with Crippen LogP contribution in [0.2, 0.25) is 0 Å². The van der Waals surface area contributed by atoms with Gasteiger partial charge < -0.3 is 5.32 Å². The van der Waals surface area contributed by atoms with Gasteiger partial charge in [-0.05, 0) is 18.9 Å². The van der Waals surface area contributed by atoms with Crippen molar-refractivity contribution in [1.82, 2.24) is 20.3 Å². The van der Waals surface area contributed by atoms with E-state index in [0.29, 0.717) is 6.54 Å². The Balaban J connectivity index is 1.98. The maximum Gasteiger partial charge on any atom is 0.243 e. The first kappa shape index (κ1) is 8.93. The fourth-order valence-corrected chi connectivity index (χ4v) is 1.38. The summed E-state index contributed by atoms with van der Waals surface area (Å²) in [4.78, 5) is 12.7. The van der Waals surface area contributed by atoms with Crippen LogP contribution in [0.15, 0.2) is 25.0 Å². The van der Waals surface area contributed by atoms with E-state index in [0.717, 1.165) is 12.8 Å². The Kier molecular flexibility index (Phi) is 2.07. The van der Waals surface area contributed by atoms with Gasteiger partial charge in [-0.1, -0.05) is 6.58 Å². The number of nitrogens with zero attached hydrogens (tertiary/aromatic N) is 3. The van der Waals surface area contributed by atoms with Gasteiger partial charge in [0.15, 0.2) is 0 Å². The van der Waals surface area contributed by atoms with Crippen LogP contribution in [0, 0.1) is 0 Å². The molecule has 1 fully saturated rings. The lowest BCUT2D eigenvalue weighted by Gasteiger charge is -2.14. The number of rotatable bonds is 4. The van der Waals surface area contributed by atoms with E-state index in [1.165, 1.54) is 6.08 Å². The number of hydrogen-bond donors (Lipinski definition) is 1. The molecule has 1 saturated carbocycles. The van der Waals surface area contributed by atoms with Crippen LogP contribution in [0.4, 0.5) is 0 Å². The Bertz CT molecular complexity index is 340. The van der Waals surface area contributed by atoms with Gasteiger partial charge in [-0.2, -0.15) is 15.0 Å². The minimum Gasteiger partial charge on any atom is -0.350 e. The predicted octanol–water partition coefficient (Wildman–Crippen LogP) is 0.0694. The van der Waals surface area contributed by atoms with Crippen LogP contribution in [-0.4, -0.2) is 27.4 Å². The second kappa shape index (κ2) is 3.25. The lowest BCUT2D eigenvalue weighted by Crippen LogP contribution is -2.35. The minimum absolute atomic E-state index is 0.0812. The number of nitrogens with one attached hydrogen (secondary N) is 1. The Labute approximate surface area is 81.8 Å². The summed E-state index contributed by atoms with van der Waals surface area (Å²) in [6, 6.07) is 0. The van der Waals surface area contributed by atoms with Crippen LogP contribution in [0.1, 0.15) is 12.8 Å². The highest BCUT2D eigenvalue weighted by Crippen LogP contribution is 2.41. The maximum absolute atomic E-state index is 11.0. The molecule has 74 valence electrons. The lowest BCUT2D eigenvalue weighted by atomic mass is 10.3. The topological polar surface area (TPSA) is 59.8 Å². The van der Waals surface area contributed by atoms with Crippen molar-refractivity contribution in [2.45, 2.75) is 18.4 Å². The summed E-state index contributed by atoms with van der Waals surface area (Å²) in [5.74, 6) is -0.150. The summed E-state index contributed by atoms with van der Waals surface area (Å²) in [5.41, 5.74) is -0.0812. The molecular weight excluding hydrogens is 180 g/mol. The summed E-state index contributed by atoms with van der Waals surface area (Å²) in [7, 11) is 0. The summed E-state index contributed by atoms with van der Waals surface area (Å²) < 4.78 is 0. The predicted molar refractivity (Wildman–Crippen MR) is 50.4 cm³/mol. The van der Waals surface area contributed by atoms with Crippen molar-refractivity contribution in [3.8, 4) is 0 Å². The normalized spacial score (nSPS) is 17.4. The van der Waals surface area contributed by atoms with Gasteiger partial charge in [0.2, 0.25) is 5.91 Å². The minimum atomic E-state index is -0.150. The van der Waals surface area contributed by atoms with Gasteiger partial charge in [-0.15, -0.1) is 0 Å². The van der Waals surface area contributed by atoms with Crippen molar-refractivity contribution >= 4 is 5.91 Å². The molecule has 14 heavy (non-hydrogen) atoms. The SMILES string of the molecule is C=CC(=O)NCC1(n2nccn2)CC1. The van der Waals surface area contributed by atoms with Gasteiger partial charge in [0.25, 0.3) is 0 Å². The molecule has 5 nitrogen and oxygen atoms in total. The Morgan fingerprint density at radius 1 is 1.57 bits per heavy atom. The van der Waals surface area contributed by atoms with Crippen molar-refractivity contribution in [3.63, 3.8) is 0 Å². The zero-order valence-electron chi connectivity index (χ0n) is 7.81. The highest BCUT2D eigenvalue weighted by molar-refractivity contribution is 5.86. The van der Waals surface area contributed by atoms with Gasteiger partial charge in [0, 0.05) is 6.54 Å². The zero-order chi connectivity index (χ0) is 10.0. The number of aromatic nitrogens is 3. The highest BCUT2D eigenvalue weighted by atomic mass is 16.1. The van der Waals surface area contributed by atoms with E-state index in [1.54, 1.807) is 17.2 Å². The zero-order valence-corrected chi connectivity index (χ0v) is 7.81. The second-order valence-corrected chi connectivity index (χ2v) is 3.46. The first-order valence-electron chi connectivity index (χ1n) is 4.54. The first-order chi connectivity index (χ1) is 6.77. The molecule has 2 rings (SSSR count). The van der Waals surface area contributed by atoms with Crippen LogP contribution < -0.4 is 5.32 Å². The molecule has 1 aliphatic rings. The largest absolute Gasteiger partial charge is 0.350 e. The van der Waals surface area contributed by atoms with Crippen LogP contribution in [0.3, 0.4) is 0 Å². The first-order valence-corrected chi connectivity index (χ1v) is 4.54. The Morgan fingerprint density at radius 3 is 2.71 bits per heavy atom. The molecular formula is C9H12N4O. The van der Waals surface area contributed by atoms with Crippen molar-refractivity contribution in [3.05, 3.63) is 25.0 Å². The van der Waals surface area contributed by atoms with E-state index < -0.39 is 0 Å². The van der Waals surface area contributed by atoms with Crippen LogP contribution in [-0.2, 0) is 10.3 Å². The summed E-state index contributed by atoms with van der Waals surface area (Å²) in [6.07, 6.45) is 6.59. The standard InChI is InChI=1S/C9H12N4O/c1-2-8(14)10-7-9(3-4-9)13-11-5-6-12-13/h2,5-6H,1,3-4,7H2,(H,10,14). The van der Waals surface area contributed by atoms with E-state index in [4.69, 9.17) is 0 Å². The molecule has 0 spiro atoms. The van der Waals surface area contributed by atoms with E-state index in [2.05, 4.69) is 22.1 Å². The van der Waals surface area contributed by atoms with Crippen molar-refractivity contribution in [2.75, 3.05) is 6.54 Å². The molecule has 1 amide bonds. The molecule has 0 radical (unpaired) electrons. The van der Waals surface area contributed by atoms with Gasteiger partial charge in [-0.25, -0.2) is 0 Å². The molecule has 0 aliphatic heterocycles. The van der Waals surface area contributed by atoms with E-state index >= 15 is 0 Å². The second-order valence-electron chi connectivity index (χ2n) is 3.46. The molecule has 5 heteroatoms. The Morgan fingerprint density at radius 2 is 2.21 bits per heavy atom. The monoisotopic (exact) mass is 192 g/mol. The van der Waals surface area contributed by atoms with Crippen LogP contribution in [0.5, 0.6) is 0 Å². The smallest absolute Gasteiger partial charge is 0.243 e. The molecule has 1 N–H and O–H groups in total. The molecule has 1 aliphatic carbocycles. The van der Waals surface area contributed by atoms with Crippen molar-refractivity contribution < 1.29 is 4.79 Å². The highest BCUT2D eigenvalue weighted by Gasteiger charge is 2.46. The average Bonchev–Trinajstić information content (AvgIpc) is 2.79. The fraction of sp³-hybridized carbons (Fsp3) is 0.444. The lowest BCUT2D eigenvalue weighted by molar-refractivity contribution is -0.116. The maximum atomic E-state index is 11.0. The number of amides is 1. The summed E-state index contributed by atoms with van der Waals surface area (Å²) in [6.45, 7) is 3.97. The number of hydrogen-bond acceptors (Lipinski definition) is 3. The van der Waals surface area contributed by atoms with Crippen LogP contribution >= 0.6 is 0 Å². The van der Waals surface area contributed by atoms with E-state index in [9.17, 15) is 4.79 Å². The third kappa shape index (κ3) is 1.53. The number of carbonyl (C=O) groups excluding carboxylic acids is 1. The molecule has 0 atom stereocenters. The third-order valence-corrected chi connectivity index (χ3v) is 2.45. The van der Waals surface area contributed by atoms with Gasteiger partial charge in [0.1, 0.15) is 0 Å². The van der Waals surface area contributed by atoms with Crippen LogP contribution in [0.25, 0.3) is 0 Å². The molecule has 1 aromatic heterocycles. The van der Waals surface area contributed by atoms with Gasteiger partial charge >= 0.3 is 0 Å². The molecule has 0 aromatic carbocycles. The van der Waals surface area contributed by atoms with Crippen molar-refractivity contribution in [1.29, 1.82) is 0 Å². The summed E-state index contributed by atoms with van der Waals surface area (Å²) in [5, 5.41) is 10.9. The van der Waals surface area contributed by atoms with E-state index in [-0.39, 0.29) is 11.4 Å². The molecule has 1 aromatic rings. The molecule has 0 bridgehead atoms. The van der Waals surface area contributed by atoms with Gasteiger partial charge in [0.05, 0.1) is 17.9 Å². The molecule has 0 unspecified atom stereocenters. The average molecular weight is 192 g/mol. The molecule has 1 heterocycles. The third-order valence-electron chi connectivity index (χ3n) is 2.45. The molecule has 0 saturated heterocycles. The quantitative estimate of drug-likeness (QED) is 0.687. The van der Waals surface area contributed by atoms with Crippen molar-refractivity contribution in [2.24, 2.45) is 0 Å². The van der Waals surface area contributed by atoms with E-state index in [1.807, 2.05) is 0 Å².